The SMILES string of the molecule is CC(Oc1ccc(OCCNCC(O)COc2ccsc2)cc1)C(=O)O. The van der Waals surface area contributed by atoms with Gasteiger partial charge in [-0.05, 0) is 42.6 Å². The predicted octanol–water partition coefficient (Wildman–Crippen LogP) is 2.01. The number of carbonyl (C=O) groups is 1. The summed E-state index contributed by atoms with van der Waals surface area (Å²) >= 11 is 1.55. The van der Waals surface area contributed by atoms with Crippen LogP contribution in [0.1, 0.15) is 6.92 Å². The van der Waals surface area contributed by atoms with E-state index in [1.807, 2.05) is 16.8 Å². The largest absolute Gasteiger partial charge is 0.492 e. The second kappa shape index (κ2) is 10.6. The number of rotatable bonds is 12. The highest BCUT2D eigenvalue weighted by atomic mass is 32.1. The monoisotopic (exact) mass is 381 g/mol. The van der Waals surface area contributed by atoms with Gasteiger partial charge in [0.2, 0.25) is 0 Å². The van der Waals surface area contributed by atoms with Crippen LogP contribution < -0.4 is 19.5 Å². The molecule has 1 heterocycles. The summed E-state index contributed by atoms with van der Waals surface area (Å²) in [4.78, 5) is 10.7. The third kappa shape index (κ3) is 7.30. The van der Waals surface area contributed by atoms with Crippen LogP contribution in [0.4, 0.5) is 0 Å². The molecule has 0 spiro atoms. The maximum Gasteiger partial charge on any atom is 0.344 e. The molecule has 0 fully saturated rings. The smallest absolute Gasteiger partial charge is 0.344 e. The molecule has 0 aliphatic carbocycles. The highest BCUT2D eigenvalue weighted by molar-refractivity contribution is 7.08. The molecular formula is C18H23NO6S. The summed E-state index contributed by atoms with van der Waals surface area (Å²) in [5.74, 6) is 0.879. The number of aliphatic hydroxyl groups is 1. The van der Waals surface area contributed by atoms with E-state index in [2.05, 4.69) is 5.32 Å². The van der Waals surface area contributed by atoms with E-state index in [0.717, 1.165) is 5.75 Å². The zero-order valence-electron chi connectivity index (χ0n) is 14.5. The minimum absolute atomic E-state index is 0.237. The molecular weight excluding hydrogens is 358 g/mol. The van der Waals surface area contributed by atoms with Crippen molar-refractivity contribution in [2.75, 3.05) is 26.3 Å². The number of thiophene rings is 1. The topological polar surface area (TPSA) is 97.3 Å². The molecule has 0 aliphatic heterocycles. The maximum absolute atomic E-state index is 10.7. The Morgan fingerprint density at radius 2 is 1.88 bits per heavy atom. The van der Waals surface area contributed by atoms with Crippen molar-refractivity contribution in [1.82, 2.24) is 5.32 Å². The molecule has 1 aromatic heterocycles. The first kappa shape index (κ1) is 20.0. The summed E-state index contributed by atoms with van der Waals surface area (Å²) in [6.07, 6.45) is -1.50. The van der Waals surface area contributed by atoms with Gasteiger partial charge in [0.25, 0.3) is 0 Å². The molecule has 8 heteroatoms. The molecule has 26 heavy (non-hydrogen) atoms. The number of aliphatic hydroxyl groups excluding tert-OH is 1. The summed E-state index contributed by atoms with van der Waals surface area (Å²) in [7, 11) is 0. The standard InChI is InChI=1S/C18H23NO6S/c1-13(18(21)22)25-16-4-2-15(3-5-16)23-8-7-19-10-14(20)11-24-17-6-9-26-12-17/h2-6,9,12-14,19-20H,7-8,10-11H2,1H3,(H,21,22). The minimum Gasteiger partial charge on any atom is -0.492 e. The van der Waals surface area contributed by atoms with Gasteiger partial charge in [-0.1, -0.05) is 0 Å². The molecule has 0 aliphatic rings. The van der Waals surface area contributed by atoms with Crippen molar-refractivity contribution in [2.45, 2.75) is 19.1 Å². The van der Waals surface area contributed by atoms with Crippen molar-refractivity contribution >= 4 is 17.3 Å². The Morgan fingerprint density at radius 3 is 2.54 bits per heavy atom. The fourth-order valence-electron chi connectivity index (χ4n) is 1.96. The zero-order chi connectivity index (χ0) is 18.8. The number of benzene rings is 1. The van der Waals surface area contributed by atoms with E-state index >= 15 is 0 Å². The van der Waals surface area contributed by atoms with Gasteiger partial charge in [0.05, 0.1) is 0 Å². The first-order chi connectivity index (χ1) is 12.5. The van der Waals surface area contributed by atoms with Crippen LogP contribution >= 0.6 is 11.3 Å². The molecule has 142 valence electrons. The maximum atomic E-state index is 10.7. The summed E-state index contributed by atoms with van der Waals surface area (Å²) in [5.41, 5.74) is 0. The normalized spacial score (nSPS) is 13.0. The van der Waals surface area contributed by atoms with Crippen LogP contribution in [0.5, 0.6) is 17.2 Å². The van der Waals surface area contributed by atoms with Crippen LogP contribution in [-0.4, -0.2) is 54.7 Å². The number of nitrogens with one attached hydrogen (secondary N) is 1. The van der Waals surface area contributed by atoms with E-state index < -0.39 is 18.2 Å². The molecule has 0 radical (unpaired) electrons. The van der Waals surface area contributed by atoms with Gasteiger partial charge in [0.15, 0.2) is 6.10 Å². The quantitative estimate of drug-likeness (QED) is 0.484. The Labute approximate surface area is 156 Å². The Kier molecular flexibility index (Phi) is 8.20. The van der Waals surface area contributed by atoms with Crippen molar-refractivity contribution in [1.29, 1.82) is 0 Å². The highest BCUT2D eigenvalue weighted by Crippen LogP contribution is 2.18. The molecule has 0 bridgehead atoms. The van der Waals surface area contributed by atoms with Crippen molar-refractivity contribution < 1.29 is 29.2 Å². The molecule has 2 atom stereocenters. The van der Waals surface area contributed by atoms with Crippen molar-refractivity contribution in [3.05, 3.63) is 41.1 Å². The third-order valence-corrected chi connectivity index (χ3v) is 4.01. The molecule has 2 aromatic rings. The number of carboxylic acids is 1. The second-order valence-corrected chi connectivity index (χ2v) is 6.33. The van der Waals surface area contributed by atoms with Crippen molar-refractivity contribution in [3.8, 4) is 17.2 Å². The number of aliphatic carboxylic acids is 1. The van der Waals surface area contributed by atoms with E-state index in [1.165, 1.54) is 6.92 Å². The van der Waals surface area contributed by atoms with Crippen LogP contribution in [-0.2, 0) is 4.79 Å². The van der Waals surface area contributed by atoms with Gasteiger partial charge >= 0.3 is 5.97 Å². The minimum atomic E-state index is -1.01. The van der Waals surface area contributed by atoms with Gasteiger partial charge in [-0.2, -0.15) is 0 Å². The number of hydrogen-bond donors (Lipinski definition) is 3. The summed E-state index contributed by atoms with van der Waals surface area (Å²) in [6.45, 7) is 3.13. The van der Waals surface area contributed by atoms with E-state index in [1.54, 1.807) is 35.6 Å². The lowest BCUT2D eigenvalue weighted by molar-refractivity contribution is -0.144. The predicted molar refractivity (Wildman–Crippen MR) is 98.4 cm³/mol. The van der Waals surface area contributed by atoms with Crippen LogP contribution in [0.15, 0.2) is 41.1 Å². The Bertz CT molecular complexity index is 646. The molecule has 0 saturated carbocycles. The summed E-state index contributed by atoms with van der Waals surface area (Å²) in [5, 5.41) is 25.5. The van der Waals surface area contributed by atoms with E-state index in [9.17, 15) is 9.90 Å². The van der Waals surface area contributed by atoms with Crippen LogP contribution in [0.25, 0.3) is 0 Å². The molecule has 2 rings (SSSR count). The third-order valence-electron chi connectivity index (χ3n) is 3.35. The van der Waals surface area contributed by atoms with Crippen molar-refractivity contribution in [2.24, 2.45) is 0 Å². The van der Waals surface area contributed by atoms with Gasteiger partial charge in [-0.3, -0.25) is 0 Å². The highest BCUT2D eigenvalue weighted by Gasteiger charge is 2.12. The molecule has 0 saturated heterocycles. The second-order valence-electron chi connectivity index (χ2n) is 5.55. The van der Waals surface area contributed by atoms with Gasteiger partial charge < -0.3 is 29.7 Å². The molecule has 3 N–H and O–H groups in total. The first-order valence-corrected chi connectivity index (χ1v) is 9.15. The molecule has 1 aromatic carbocycles. The van der Waals surface area contributed by atoms with Gasteiger partial charge in [-0.25, -0.2) is 4.79 Å². The molecule has 0 amide bonds. The molecule has 7 nitrogen and oxygen atoms in total. The Balaban J connectivity index is 1.57. The first-order valence-electron chi connectivity index (χ1n) is 8.20. The summed E-state index contributed by atoms with van der Waals surface area (Å²) < 4.78 is 16.2. The van der Waals surface area contributed by atoms with Gasteiger partial charge in [-0.15, -0.1) is 11.3 Å². The van der Waals surface area contributed by atoms with Crippen LogP contribution in [0, 0.1) is 0 Å². The van der Waals surface area contributed by atoms with Gasteiger partial charge in [0.1, 0.15) is 36.6 Å². The Morgan fingerprint density at radius 1 is 1.15 bits per heavy atom. The number of hydrogen-bond acceptors (Lipinski definition) is 7. The lowest BCUT2D eigenvalue weighted by Gasteiger charge is -2.13. The van der Waals surface area contributed by atoms with Crippen LogP contribution in [0.2, 0.25) is 0 Å². The van der Waals surface area contributed by atoms with Crippen molar-refractivity contribution in [3.63, 3.8) is 0 Å². The number of carboxylic acid groups (broad SMARTS) is 1. The average Bonchev–Trinajstić information content (AvgIpc) is 3.14. The lowest BCUT2D eigenvalue weighted by Crippen LogP contribution is -2.33. The number of ether oxygens (including phenoxy) is 3. The fourth-order valence-corrected chi connectivity index (χ4v) is 2.54. The lowest BCUT2D eigenvalue weighted by atomic mass is 10.3. The summed E-state index contributed by atoms with van der Waals surface area (Å²) in [6, 6.07) is 8.61. The zero-order valence-corrected chi connectivity index (χ0v) is 15.3. The van der Waals surface area contributed by atoms with E-state index in [-0.39, 0.29) is 6.61 Å². The van der Waals surface area contributed by atoms with E-state index in [0.29, 0.717) is 31.2 Å². The van der Waals surface area contributed by atoms with Gasteiger partial charge in [0, 0.05) is 18.5 Å². The van der Waals surface area contributed by atoms with Crippen LogP contribution in [0.3, 0.4) is 0 Å². The molecule has 2 unspecified atom stereocenters. The average molecular weight is 381 g/mol. The fraction of sp³-hybridized carbons (Fsp3) is 0.389. The van der Waals surface area contributed by atoms with E-state index in [4.69, 9.17) is 19.3 Å². The Hall–Kier alpha value is -2.29.